The quantitative estimate of drug-likeness (QED) is 0.741. The van der Waals surface area contributed by atoms with Gasteiger partial charge in [0, 0.05) is 17.2 Å². The minimum absolute atomic E-state index is 0.0261. The number of pyridine rings is 1. The average molecular weight is 348 g/mol. The number of nitrogens with zero attached hydrogens (tertiary/aromatic N) is 2. The van der Waals surface area contributed by atoms with Crippen LogP contribution in [0.1, 0.15) is 11.1 Å². The Morgan fingerprint density at radius 1 is 0.923 bits per heavy atom. The first-order chi connectivity index (χ1) is 12.5. The lowest BCUT2D eigenvalue weighted by Crippen LogP contribution is -2.16. The van der Waals surface area contributed by atoms with E-state index < -0.39 is 17.2 Å². The van der Waals surface area contributed by atoms with Crippen molar-refractivity contribution in [3.8, 4) is 34.4 Å². The summed E-state index contributed by atoms with van der Waals surface area (Å²) in [6.07, 6.45) is 0. The number of hydrogen-bond donors (Lipinski definition) is 2. The van der Waals surface area contributed by atoms with Gasteiger partial charge in [-0.1, -0.05) is 24.3 Å². The fourth-order valence-corrected chi connectivity index (χ4v) is 2.67. The van der Waals surface area contributed by atoms with Crippen LogP contribution in [-0.4, -0.2) is 4.98 Å². The van der Waals surface area contributed by atoms with E-state index in [0.29, 0.717) is 11.1 Å². The summed E-state index contributed by atoms with van der Waals surface area (Å²) in [5, 5.41) is 18.6. The first-order valence-corrected chi connectivity index (χ1v) is 7.38. The Kier molecular flexibility index (Phi) is 4.22. The molecule has 0 spiro atoms. The molecule has 0 aliphatic carbocycles. The van der Waals surface area contributed by atoms with E-state index in [0.717, 1.165) is 12.1 Å². The number of anilines is 1. The van der Waals surface area contributed by atoms with Crippen molar-refractivity contribution in [2.45, 2.75) is 0 Å². The van der Waals surface area contributed by atoms with Gasteiger partial charge in [-0.25, -0.2) is 8.78 Å². The summed E-state index contributed by atoms with van der Waals surface area (Å²) in [6.45, 7) is 0. The van der Waals surface area contributed by atoms with Gasteiger partial charge in [-0.05, 0) is 23.3 Å². The van der Waals surface area contributed by atoms with Crippen LogP contribution >= 0.6 is 0 Å². The van der Waals surface area contributed by atoms with Gasteiger partial charge in [0.1, 0.15) is 40.7 Å². The predicted molar refractivity (Wildman–Crippen MR) is 91.7 cm³/mol. The molecule has 2 aromatic carbocycles. The number of rotatable bonds is 2. The summed E-state index contributed by atoms with van der Waals surface area (Å²) in [7, 11) is 0. The number of H-pyrrole nitrogens is 1. The SMILES string of the molecule is N#Cc1c(N)[nH]c(=O)c(C#N)c1-c1ccc(-c2ccc(F)cc2F)cc1. The highest BCUT2D eigenvalue weighted by Gasteiger charge is 2.18. The zero-order valence-electron chi connectivity index (χ0n) is 13.2. The van der Waals surface area contributed by atoms with Crippen LogP contribution in [-0.2, 0) is 0 Å². The fraction of sp³-hybridized carbons (Fsp3) is 0. The smallest absolute Gasteiger partial charge is 0.268 e. The van der Waals surface area contributed by atoms with Crippen LogP contribution in [0.25, 0.3) is 22.3 Å². The summed E-state index contributed by atoms with van der Waals surface area (Å²) in [5.41, 5.74) is 5.90. The topological polar surface area (TPSA) is 106 Å². The largest absolute Gasteiger partial charge is 0.384 e. The number of halogens is 2. The molecule has 3 aromatic rings. The van der Waals surface area contributed by atoms with Crippen LogP contribution in [0.15, 0.2) is 47.3 Å². The zero-order valence-corrected chi connectivity index (χ0v) is 13.2. The highest BCUT2D eigenvalue weighted by Crippen LogP contribution is 2.31. The molecule has 0 radical (unpaired) electrons. The molecular weight excluding hydrogens is 338 g/mol. The van der Waals surface area contributed by atoms with Crippen LogP contribution in [0.3, 0.4) is 0 Å². The lowest BCUT2D eigenvalue weighted by molar-refractivity contribution is 0.585. The van der Waals surface area contributed by atoms with Crippen molar-refractivity contribution in [2.24, 2.45) is 0 Å². The molecule has 5 nitrogen and oxygen atoms in total. The third kappa shape index (κ3) is 2.79. The minimum Gasteiger partial charge on any atom is -0.384 e. The summed E-state index contributed by atoms with van der Waals surface area (Å²) in [4.78, 5) is 14.2. The molecule has 0 bridgehead atoms. The van der Waals surface area contributed by atoms with Crippen molar-refractivity contribution in [2.75, 3.05) is 5.73 Å². The van der Waals surface area contributed by atoms with Gasteiger partial charge < -0.3 is 10.7 Å². The van der Waals surface area contributed by atoms with E-state index in [1.807, 2.05) is 6.07 Å². The van der Waals surface area contributed by atoms with E-state index in [1.54, 1.807) is 18.2 Å². The summed E-state index contributed by atoms with van der Waals surface area (Å²) >= 11 is 0. The van der Waals surface area contributed by atoms with Crippen molar-refractivity contribution in [3.05, 3.63) is 75.6 Å². The molecule has 0 amide bonds. The number of aromatic amines is 1. The number of benzene rings is 2. The maximum absolute atomic E-state index is 13.9. The first kappa shape index (κ1) is 16.9. The normalized spacial score (nSPS) is 10.2. The maximum atomic E-state index is 13.9. The monoisotopic (exact) mass is 348 g/mol. The zero-order chi connectivity index (χ0) is 18.8. The standard InChI is InChI=1S/C19H10F2N4O/c20-12-5-6-13(16(21)7-12)10-1-3-11(4-2-10)17-14(8-22)18(24)25-19(26)15(17)9-23/h1-7H,(H3,24,25,26). The van der Waals surface area contributed by atoms with Gasteiger partial charge in [0.15, 0.2) is 0 Å². The number of nitrogens with two attached hydrogens (primary N) is 1. The van der Waals surface area contributed by atoms with Crippen molar-refractivity contribution in [1.29, 1.82) is 10.5 Å². The predicted octanol–water partition coefficient (Wildman–Crippen LogP) is 3.31. The van der Waals surface area contributed by atoms with E-state index in [2.05, 4.69) is 4.98 Å². The van der Waals surface area contributed by atoms with Crippen LogP contribution in [0, 0.1) is 34.3 Å². The second kappa shape index (κ2) is 6.50. The van der Waals surface area contributed by atoms with Crippen LogP contribution in [0.5, 0.6) is 0 Å². The van der Waals surface area contributed by atoms with E-state index in [4.69, 9.17) is 5.73 Å². The lowest BCUT2D eigenvalue weighted by Gasteiger charge is -2.10. The molecule has 3 N–H and O–H groups in total. The molecule has 0 saturated carbocycles. The molecule has 0 aliphatic rings. The molecule has 3 rings (SSSR count). The lowest BCUT2D eigenvalue weighted by atomic mass is 9.94. The van der Waals surface area contributed by atoms with Crippen LogP contribution in [0.4, 0.5) is 14.6 Å². The van der Waals surface area contributed by atoms with Crippen molar-refractivity contribution in [3.63, 3.8) is 0 Å². The summed E-state index contributed by atoms with van der Waals surface area (Å²) < 4.78 is 27.0. The molecule has 0 aliphatic heterocycles. The third-order valence-electron chi connectivity index (χ3n) is 3.88. The molecule has 1 aromatic heterocycles. The van der Waals surface area contributed by atoms with Gasteiger partial charge in [0.05, 0.1) is 0 Å². The van der Waals surface area contributed by atoms with E-state index in [1.165, 1.54) is 18.2 Å². The molecule has 0 atom stereocenters. The molecule has 7 heteroatoms. The first-order valence-electron chi connectivity index (χ1n) is 7.38. The second-order valence-corrected chi connectivity index (χ2v) is 5.42. The van der Waals surface area contributed by atoms with Gasteiger partial charge in [-0.3, -0.25) is 4.79 Å². The van der Waals surface area contributed by atoms with Crippen LogP contribution in [0.2, 0.25) is 0 Å². The third-order valence-corrected chi connectivity index (χ3v) is 3.88. The van der Waals surface area contributed by atoms with Gasteiger partial charge in [-0.15, -0.1) is 0 Å². The highest BCUT2D eigenvalue weighted by molar-refractivity contribution is 5.81. The number of nitriles is 2. The van der Waals surface area contributed by atoms with Gasteiger partial charge in [0.2, 0.25) is 0 Å². The number of nitrogen functional groups attached to an aromatic ring is 1. The fourth-order valence-electron chi connectivity index (χ4n) is 2.67. The molecule has 0 saturated heterocycles. The number of aromatic nitrogens is 1. The molecular formula is C19H10F2N4O. The molecule has 0 unspecified atom stereocenters. The van der Waals surface area contributed by atoms with Crippen LogP contribution < -0.4 is 11.3 Å². The molecule has 1 heterocycles. The molecule has 0 fully saturated rings. The Morgan fingerprint density at radius 2 is 1.54 bits per heavy atom. The molecule has 126 valence electrons. The minimum atomic E-state index is -0.714. The van der Waals surface area contributed by atoms with Crippen molar-refractivity contribution < 1.29 is 8.78 Å². The Morgan fingerprint density at radius 3 is 2.12 bits per heavy atom. The Labute approximate surface area is 146 Å². The summed E-state index contributed by atoms with van der Waals surface area (Å²) in [6, 6.07) is 13.1. The maximum Gasteiger partial charge on any atom is 0.268 e. The Hall–Kier alpha value is -3.97. The van der Waals surface area contributed by atoms with Gasteiger partial charge in [0.25, 0.3) is 5.56 Å². The van der Waals surface area contributed by atoms with E-state index >= 15 is 0 Å². The van der Waals surface area contributed by atoms with Crippen molar-refractivity contribution >= 4 is 5.82 Å². The van der Waals surface area contributed by atoms with Crippen molar-refractivity contribution in [1.82, 2.24) is 4.98 Å². The van der Waals surface area contributed by atoms with E-state index in [-0.39, 0.29) is 28.1 Å². The summed E-state index contributed by atoms with van der Waals surface area (Å²) in [5.74, 6) is -1.53. The average Bonchev–Trinajstić information content (AvgIpc) is 2.61. The Balaban J connectivity index is 2.18. The van der Waals surface area contributed by atoms with E-state index in [9.17, 15) is 24.1 Å². The second-order valence-electron chi connectivity index (χ2n) is 5.42. The number of hydrogen-bond acceptors (Lipinski definition) is 4. The highest BCUT2D eigenvalue weighted by atomic mass is 19.1. The Bertz CT molecular complexity index is 1150. The van der Waals surface area contributed by atoms with Gasteiger partial charge in [-0.2, -0.15) is 10.5 Å². The number of nitrogens with one attached hydrogen (secondary N) is 1. The molecule has 26 heavy (non-hydrogen) atoms. The van der Waals surface area contributed by atoms with Gasteiger partial charge >= 0.3 is 0 Å².